The highest BCUT2D eigenvalue weighted by molar-refractivity contribution is 5.91. The van der Waals surface area contributed by atoms with E-state index in [1.54, 1.807) is 0 Å². The van der Waals surface area contributed by atoms with Gasteiger partial charge in [0.25, 0.3) is 0 Å². The van der Waals surface area contributed by atoms with Crippen molar-refractivity contribution >= 4 is 16.6 Å². The Hall–Kier alpha value is -1.61. The van der Waals surface area contributed by atoms with E-state index in [1.165, 1.54) is 50.1 Å². The minimum absolute atomic E-state index is 0.883. The lowest BCUT2D eigenvalue weighted by molar-refractivity contribution is 0.409. The zero-order valence-electron chi connectivity index (χ0n) is 11.8. The lowest BCUT2D eigenvalue weighted by atomic mass is 9.92. The lowest BCUT2D eigenvalue weighted by Gasteiger charge is -2.24. The summed E-state index contributed by atoms with van der Waals surface area (Å²) in [5.74, 6) is 1.77. The number of hydrogen-bond donors (Lipinski definition) is 1. The highest BCUT2D eigenvalue weighted by atomic mass is 15.1. The fourth-order valence-corrected chi connectivity index (χ4v) is 3.82. The predicted octanol–water partition coefficient (Wildman–Crippen LogP) is 2.67. The van der Waals surface area contributed by atoms with Crippen molar-refractivity contribution in [2.75, 3.05) is 31.1 Å². The van der Waals surface area contributed by atoms with Crippen LogP contribution in [0.25, 0.3) is 10.9 Å². The zero-order chi connectivity index (χ0) is 13.4. The van der Waals surface area contributed by atoms with E-state index in [0.29, 0.717) is 0 Å². The molecule has 1 aromatic heterocycles. The van der Waals surface area contributed by atoms with Crippen molar-refractivity contribution in [2.45, 2.75) is 12.8 Å². The van der Waals surface area contributed by atoms with Crippen LogP contribution in [-0.4, -0.2) is 31.2 Å². The third-order valence-corrected chi connectivity index (χ3v) is 4.99. The quantitative estimate of drug-likeness (QED) is 0.861. The van der Waals surface area contributed by atoms with Gasteiger partial charge in [-0.3, -0.25) is 4.98 Å². The maximum Gasteiger partial charge on any atom is 0.0722 e. The van der Waals surface area contributed by atoms with Crippen LogP contribution < -0.4 is 10.2 Å². The molecule has 0 saturated carbocycles. The van der Waals surface area contributed by atoms with Gasteiger partial charge in [-0.25, -0.2) is 0 Å². The van der Waals surface area contributed by atoms with Crippen LogP contribution in [-0.2, 0) is 0 Å². The van der Waals surface area contributed by atoms with E-state index in [1.807, 2.05) is 6.20 Å². The number of hydrogen-bond acceptors (Lipinski definition) is 3. The van der Waals surface area contributed by atoms with Gasteiger partial charge in [0.15, 0.2) is 0 Å². The molecular formula is C17H21N3. The van der Waals surface area contributed by atoms with Gasteiger partial charge in [0.2, 0.25) is 0 Å². The molecule has 0 unspecified atom stereocenters. The van der Waals surface area contributed by atoms with Gasteiger partial charge in [-0.1, -0.05) is 18.2 Å². The van der Waals surface area contributed by atoms with Crippen molar-refractivity contribution < 1.29 is 0 Å². The zero-order valence-corrected chi connectivity index (χ0v) is 11.8. The molecule has 2 aliphatic rings. The van der Waals surface area contributed by atoms with Gasteiger partial charge in [-0.2, -0.15) is 0 Å². The number of anilines is 1. The minimum Gasteiger partial charge on any atom is -0.371 e. The van der Waals surface area contributed by atoms with E-state index in [4.69, 9.17) is 0 Å². The van der Waals surface area contributed by atoms with Crippen molar-refractivity contribution in [3.05, 3.63) is 36.5 Å². The number of aromatic nitrogens is 1. The first-order valence-corrected chi connectivity index (χ1v) is 7.71. The van der Waals surface area contributed by atoms with E-state index < -0.39 is 0 Å². The molecule has 2 saturated heterocycles. The second-order valence-electron chi connectivity index (χ2n) is 6.09. The third-order valence-electron chi connectivity index (χ3n) is 4.99. The van der Waals surface area contributed by atoms with E-state index in [0.717, 1.165) is 17.4 Å². The first-order valence-electron chi connectivity index (χ1n) is 7.71. The molecule has 3 heterocycles. The van der Waals surface area contributed by atoms with Crippen molar-refractivity contribution in [3.8, 4) is 0 Å². The molecule has 2 fully saturated rings. The second kappa shape index (κ2) is 5.06. The Balaban J connectivity index is 1.66. The predicted molar refractivity (Wildman–Crippen MR) is 83.0 cm³/mol. The molecule has 0 spiro atoms. The van der Waals surface area contributed by atoms with Gasteiger partial charge in [0.1, 0.15) is 0 Å². The lowest BCUT2D eigenvalue weighted by Crippen LogP contribution is -2.25. The van der Waals surface area contributed by atoms with Gasteiger partial charge in [-0.15, -0.1) is 0 Å². The molecule has 0 radical (unpaired) electrons. The number of pyridine rings is 1. The summed E-state index contributed by atoms with van der Waals surface area (Å²) in [6.07, 6.45) is 4.58. The van der Waals surface area contributed by atoms with Crippen LogP contribution in [0.2, 0.25) is 0 Å². The molecule has 0 aliphatic carbocycles. The van der Waals surface area contributed by atoms with Crippen molar-refractivity contribution in [2.24, 2.45) is 11.8 Å². The number of rotatable bonds is 1. The fraction of sp³-hybridized carbons (Fsp3) is 0.471. The third kappa shape index (κ3) is 2.06. The summed E-state index contributed by atoms with van der Waals surface area (Å²) in [6.45, 7) is 4.79. The molecule has 1 aromatic carbocycles. The van der Waals surface area contributed by atoms with Crippen molar-refractivity contribution in [1.82, 2.24) is 10.3 Å². The topological polar surface area (TPSA) is 28.2 Å². The number of benzene rings is 1. The van der Waals surface area contributed by atoms with Gasteiger partial charge in [0, 0.05) is 30.4 Å². The van der Waals surface area contributed by atoms with Crippen LogP contribution in [0.1, 0.15) is 12.8 Å². The Kier molecular flexibility index (Phi) is 3.07. The molecule has 3 nitrogen and oxygen atoms in total. The smallest absolute Gasteiger partial charge is 0.0722 e. The first-order chi connectivity index (χ1) is 9.92. The summed E-state index contributed by atoms with van der Waals surface area (Å²) in [4.78, 5) is 7.05. The van der Waals surface area contributed by atoms with Crippen molar-refractivity contribution in [3.63, 3.8) is 0 Å². The molecule has 0 amide bonds. The maximum absolute atomic E-state index is 4.48. The molecule has 104 valence electrons. The van der Waals surface area contributed by atoms with Crippen LogP contribution in [0, 0.1) is 11.8 Å². The van der Waals surface area contributed by atoms with Crippen LogP contribution in [0.5, 0.6) is 0 Å². The molecule has 2 aliphatic heterocycles. The number of para-hydroxylation sites is 1. The van der Waals surface area contributed by atoms with Crippen LogP contribution in [0.4, 0.5) is 5.69 Å². The summed E-state index contributed by atoms with van der Waals surface area (Å²) < 4.78 is 0. The molecular weight excluding hydrogens is 246 g/mol. The first kappa shape index (κ1) is 12.2. The summed E-state index contributed by atoms with van der Waals surface area (Å²) in [6, 6.07) is 10.7. The van der Waals surface area contributed by atoms with E-state index in [-0.39, 0.29) is 0 Å². The standard InChI is InChI=1S/C17H21N3/c1-2-4-16-15(3-1)17(5-8-19-16)20-9-6-13-11-18-12-14(13)7-10-20/h1-5,8,13-14,18H,6-7,9-12H2/t13-,14+. The molecule has 1 N–H and O–H groups in total. The molecule has 2 atom stereocenters. The van der Waals surface area contributed by atoms with Crippen molar-refractivity contribution in [1.29, 1.82) is 0 Å². The summed E-state index contributed by atoms with van der Waals surface area (Å²) in [7, 11) is 0. The maximum atomic E-state index is 4.48. The summed E-state index contributed by atoms with van der Waals surface area (Å²) >= 11 is 0. The monoisotopic (exact) mass is 267 g/mol. The molecule has 0 bridgehead atoms. The van der Waals surface area contributed by atoms with Gasteiger partial charge >= 0.3 is 0 Å². The Morgan fingerprint density at radius 2 is 1.75 bits per heavy atom. The average molecular weight is 267 g/mol. The van der Waals surface area contributed by atoms with Gasteiger partial charge < -0.3 is 10.2 Å². The largest absolute Gasteiger partial charge is 0.371 e. The Labute approximate surface area is 120 Å². The highest BCUT2D eigenvalue weighted by Crippen LogP contribution is 2.32. The second-order valence-corrected chi connectivity index (χ2v) is 6.09. The number of nitrogens with one attached hydrogen (secondary N) is 1. The van der Waals surface area contributed by atoms with E-state index >= 15 is 0 Å². The normalized spacial score (nSPS) is 26.5. The van der Waals surface area contributed by atoms with E-state index in [2.05, 4.69) is 45.5 Å². The number of fused-ring (bicyclic) bond motifs is 2. The number of nitrogens with zero attached hydrogens (tertiary/aromatic N) is 2. The Morgan fingerprint density at radius 1 is 1.00 bits per heavy atom. The van der Waals surface area contributed by atoms with Gasteiger partial charge in [0.05, 0.1) is 5.52 Å². The summed E-state index contributed by atoms with van der Waals surface area (Å²) in [5.41, 5.74) is 2.47. The molecule has 20 heavy (non-hydrogen) atoms. The summed E-state index contributed by atoms with van der Waals surface area (Å²) in [5, 5.41) is 4.84. The Morgan fingerprint density at radius 3 is 2.55 bits per heavy atom. The van der Waals surface area contributed by atoms with Crippen LogP contribution in [0.3, 0.4) is 0 Å². The minimum atomic E-state index is 0.883. The highest BCUT2D eigenvalue weighted by Gasteiger charge is 2.30. The molecule has 4 rings (SSSR count). The van der Waals surface area contributed by atoms with Crippen LogP contribution >= 0.6 is 0 Å². The molecule has 3 heteroatoms. The van der Waals surface area contributed by atoms with E-state index in [9.17, 15) is 0 Å². The average Bonchev–Trinajstić information content (AvgIpc) is 2.86. The Bertz CT molecular complexity index is 591. The van der Waals surface area contributed by atoms with Crippen LogP contribution in [0.15, 0.2) is 36.5 Å². The van der Waals surface area contributed by atoms with Gasteiger partial charge in [-0.05, 0) is 49.9 Å². The SMILES string of the molecule is c1ccc2c(N3CC[C@@H]4CNC[C@@H]4CC3)ccnc2c1. The fourth-order valence-electron chi connectivity index (χ4n) is 3.82. The molecule has 2 aromatic rings.